The van der Waals surface area contributed by atoms with Gasteiger partial charge in [0.25, 0.3) is 0 Å². The lowest BCUT2D eigenvalue weighted by Gasteiger charge is -1.97. The maximum Gasteiger partial charge on any atom is 0.124 e. The van der Waals surface area contributed by atoms with Gasteiger partial charge in [-0.1, -0.05) is 38.0 Å². The molecule has 0 N–H and O–H groups in total. The Kier molecular flexibility index (Phi) is 4.37. The van der Waals surface area contributed by atoms with Gasteiger partial charge in [-0.05, 0) is 36.6 Å². The van der Waals surface area contributed by atoms with Gasteiger partial charge in [-0.15, -0.1) is 0 Å². The van der Waals surface area contributed by atoms with Crippen molar-refractivity contribution in [3.63, 3.8) is 0 Å². The molecule has 0 saturated heterocycles. The van der Waals surface area contributed by atoms with E-state index in [1.807, 2.05) is 19.1 Å². The van der Waals surface area contributed by atoms with Gasteiger partial charge in [0.05, 0.1) is 0 Å². The van der Waals surface area contributed by atoms with Crippen molar-refractivity contribution in [2.75, 3.05) is 0 Å². The molecule has 0 aliphatic heterocycles. The molecule has 0 nitrogen and oxygen atoms in total. The molecule has 1 heteroatoms. The molecule has 0 amide bonds. The van der Waals surface area contributed by atoms with Crippen LogP contribution < -0.4 is 0 Å². The summed E-state index contributed by atoms with van der Waals surface area (Å²) in [5, 5.41) is 0. The van der Waals surface area contributed by atoms with E-state index in [4.69, 9.17) is 0 Å². The Morgan fingerprint density at radius 3 is 2.71 bits per heavy atom. The Hall–Kier alpha value is -1.11. The molecule has 76 valence electrons. The highest BCUT2D eigenvalue weighted by Crippen LogP contribution is 2.10. The molecule has 0 radical (unpaired) electrons. The molecule has 0 saturated carbocycles. The van der Waals surface area contributed by atoms with Crippen molar-refractivity contribution in [2.45, 2.75) is 33.1 Å². The highest BCUT2D eigenvalue weighted by molar-refractivity contribution is 5.50. The summed E-state index contributed by atoms with van der Waals surface area (Å²) in [6.07, 6.45) is 7.58. The molecule has 1 aromatic carbocycles. The van der Waals surface area contributed by atoms with Gasteiger partial charge in [0.1, 0.15) is 5.82 Å². The van der Waals surface area contributed by atoms with E-state index >= 15 is 0 Å². The lowest BCUT2D eigenvalue weighted by Crippen LogP contribution is -1.80. The quantitative estimate of drug-likeness (QED) is 0.622. The first-order valence-electron chi connectivity index (χ1n) is 5.16. The highest BCUT2D eigenvalue weighted by atomic mass is 19.1. The minimum atomic E-state index is -0.153. The predicted molar refractivity (Wildman–Crippen MR) is 59.7 cm³/mol. The largest absolute Gasteiger partial charge is 0.207 e. The Morgan fingerprint density at radius 2 is 2.07 bits per heavy atom. The number of aryl methyl sites for hydroxylation is 1. The zero-order chi connectivity index (χ0) is 10.4. The van der Waals surface area contributed by atoms with Crippen LogP contribution in [0.15, 0.2) is 24.3 Å². The Morgan fingerprint density at radius 1 is 1.29 bits per heavy atom. The third-order valence-electron chi connectivity index (χ3n) is 2.10. The van der Waals surface area contributed by atoms with Gasteiger partial charge >= 0.3 is 0 Å². The topological polar surface area (TPSA) is 0 Å². The van der Waals surface area contributed by atoms with Crippen LogP contribution in [0.1, 0.15) is 37.3 Å². The smallest absolute Gasteiger partial charge is 0.124 e. The lowest BCUT2D eigenvalue weighted by atomic mass is 10.1. The first-order chi connectivity index (χ1) is 6.72. The van der Waals surface area contributed by atoms with Crippen LogP contribution in [0.5, 0.6) is 0 Å². The number of allylic oxidation sites excluding steroid dienone is 1. The summed E-state index contributed by atoms with van der Waals surface area (Å²) in [7, 11) is 0. The summed E-state index contributed by atoms with van der Waals surface area (Å²) in [6.45, 7) is 4.08. The third-order valence-corrected chi connectivity index (χ3v) is 2.10. The second kappa shape index (κ2) is 5.58. The maximum atomic E-state index is 13.0. The molecular formula is C13H17F. The standard InChI is InChI=1S/C13H17F/c1-3-4-5-6-7-12-8-11(2)9-13(14)10-12/h6-10H,3-5H2,1-2H3/b7-6+. The predicted octanol–water partition coefficient (Wildman–Crippen LogP) is 4.34. The molecule has 0 aromatic heterocycles. The first kappa shape index (κ1) is 11.0. The second-order valence-electron chi connectivity index (χ2n) is 3.61. The first-order valence-corrected chi connectivity index (χ1v) is 5.16. The van der Waals surface area contributed by atoms with Crippen LogP contribution in [0.25, 0.3) is 6.08 Å². The normalized spacial score (nSPS) is 11.1. The fourth-order valence-electron chi connectivity index (χ4n) is 1.40. The van der Waals surface area contributed by atoms with Gasteiger partial charge in [-0.3, -0.25) is 0 Å². The fourth-order valence-corrected chi connectivity index (χ4v) is 1.40. The summed E-state index contributed by atoms with van der Waals surface area (Å²) in [4.78, 5) is 0. The van der Waals surface area contributed by atoms with Gasteiger partial charge in [0.15, 0.2) is 0 Å². The van der Waals surface area contributed by atoms with Crippen LogP contribution in [0.3, 0.4) is 0 Å². The average molecular weight is 192 g/mol. The van der Waals surface area contributed by atoms with Crippen LogP contribution in [-0.2, 0) is 0 Å². The summed E-state index contributed by atoms with van der Waals surface area (Å²) in [6, 6.07) is 5.10. The Bertz CT molecular complexity index is 293. The fraction of sp³-hybridized carbons (Fsp3) is 0.385. The Balaban J connectivity index is 2.62. The van der Waals surface area contributed by atoms with Crippen LogP contribution >= 0.6 is 0 Å². The molecule has 0 spiro atoms. The average Bonchev–Trinajstić information content (AvgIpc) is 2.11. The summed E-state index contributed by atoms with van der Waals surface area (Å²) < 4.78 is 13.0. The molecule has 0 aliphatic rings. The van der Waals surface area contributed by atoms with Gasteiger partial charge < -0.3 is 0 Å². The Labute approximate surface area is 85.5 Å². The molecule has 0 atom stereocenters. The highest BCUT2D eigenvalue weighted by Gasteiger charge is 1.93. The molecular weight excluding hydrogens is 175 g/mol. The van der Waals surface area contributed by atoms with E-state index < -0.39 is 0 Å². The van der Waals surface area contributed by atoms with Gasteiger partial charge in [0, 0.05) is 0 Å². The van der Waals surface area contributed by atoms with E-state index in [9.17, 15) is 4.39 Å². The van der Waals surface area contributed by atoms with E-state index in [0.29, 0.717) is 0 Å². The zero-order valence-electron chi connectivity index (χ0n) is 8.89. The molecule has 1 aromatic rings. The SMILES string of the molecule is CCCC/C=C/c1cc(C)cc(F)c1. The van der Waals surface area contributed by atoms with Crippen LogP contribution in [0, 0.1) is 12.7 Å². The van der Waals surface area contributed by atoms with Crippen LogP contribution in [0.4, 0.5) is 4.39 Å². The number of unbranched alkanes of at least 4 members (excludes halogenated alkanes) is 2. The minimum Gasteiger partial charge on any atom is -0.207 e. The number of hydrogen-bond donors (Lipinski definition) is 0. The second-order valence-corrected chi connectivity index (χ2v) is 3.61. The number of benzene rings is 1. The van der Waals surface area contributed by atoms with Crippen molar-refractivity contribution in [2.24, 2.45) is 0 Å². The monoisotopic (exact) mass is 192 g/mol. The van der Waals surface area contributed by atoms with Crippen molar-refractivity contribution in [1.29, 1.82) is 0 Å². The van der Waals surface area contributed by atoms with Crippen molar-refractivity contribution < 1.29 is 4.39 Å². The molecule has 1 rings (SSSR count). The number of hydrogen-bond acceptors (Lipinski definition) is 0. The van der Waals surface area contributed by atoms with Gasteiger partial charge in [-0.25, -0.2) is 4.39 Å². The summed E-state index contributed by atoms with van der Waals surface area (Å²) >= 11 is 0. The summed E-state index contributed by atoms with van der Waals surface area (Å²) in [5.74, 6) is -0.153. The van der Waals surface area contributed by atoms with Crippen molar-refractivity contribution >= 4 is 6.08 Å². The zero-order valence-corrected chi connectivity index (χ0v) is 8.89. The molecule has 0 bridgehead atoms. The van der Waals surface area contributed by atoms with Gasteiger partial charge in [-0.2, -0.15) is 0 Å². The van der Waals surface area contributed by atoms with E-state index in [1.54, 1.807) is 12.1 Å². The maximum absolute atomic E-state index is 13.0. The molecule has 14 heavy (non-hydrogen) atoms. The van der Waals surface area contributed by atoms with Crippen molar-refractivity contribution in [3.8, 4) is 0 Å². The van der Waals surface area contributed by atoms with Crippen LogP contribution in [0.2, 0.25) is 0 Å². The van der Waals surface area contributed by atoms with Crippen molar-refractivity contribution in [3.05, 3.63) is 41.2 Å². The summed E-state index contributed by atoms with van der Waals surface area (Å²) in [5.41, 5.74) is 1.93. The third kappa shape index (κ3) is 3.73. The van der Waals surface area contributed by atoms with Gasteiger partial charge in [0.2, 0.25) is 0 Å². The van der Waals surface area contributed by atoms with Crippen LogP contribution in [-0.4, -0.2) is 0 Å². The van der Waals surface area contributed by atoms with E-state index in [2.05, 4.69) is 13.0 Å². The lowest BCUT2D eigenvalue weighted by molar-refractivity contribution is 0.626. The molecule has 0 fully saturated rings. The minimum absolute atomic E-state index is 0.153. The molecule has 0 aliphatic carbocycles. The van der Waals surface area contributed by atoms with E-state index in [1.165, 1.54) is 12.8 Å². The number of rotatable bonds is 4. The molecule has 0 heterocycles. The number of halogens is 1. The van der Waals surface area contributed by atoms with E-state index in [0.717, 1.165) is 17.5 Å². The van der Waals surface area contributed by atoms with E-state index in [-0.39, 0.29) is 5.82 Å². The molecule has 0 unspecified atom stereocenters. The van der Waals surface area contributed by atoms with Crippen molar-refractivity contribution in [1.82, 2.24) is 0 Å².